The Morgan fingerprint density at radius 2 is 2.39 bits per heavy atom. The van der Waals surface area contributed by atoms with E-state index in [4.69, 9.17) is 11.6 Å². The van der Waals surface area contributed by atoms with Gasteiger partial charge in [-0.1, -0.05) is 11.6 Å². The van der Waals surface area contributed by atoms with Gasteiger partial charge in [0, 0.05) is 13.0 Å². The van der Waals surface area contributed by atoms with E-state index in [-0.39, 0.29) is 18.4 Å². The number of anilines is 1. The molecular weight excluding hydrogens is 254 g/mol. The highest BCUT2D eigenvalue weighted by Gasteiger charge is 2.22. The van der Waals surface area contributed by atoms with Gasteiger partial charge in [-0.2, -0.15) is 0 Å². The number of hydrogen-bond donors (Lipinski definition) is 1. The molecular formula is C12H14ClN3O2. The van der Waals surface area contributed by atoms with Crippen LogP contribution in [0.5, 0.6) is 0 Å². The van der Waals surface area contributed by atoms with Gasteiger partial charge in [0.25, 0.3) is 0 Å². The molecule has 0 aliphatic carbocycles. The zero-order valence-corrected chi connectivity index (χ0v) is 10.8. The molecule has 1 saturated heterocycles. The van der Waals surface area contributed by atoms with E-state index in [1.54, 1.807) is 11.0 Å². The summed E-state index contributed by atoms with van der Waals surface area (Å²) in [6.45, 7) is 2.59. The van der Waals surface area contributed by atoms with Gasteiger partial charge in [-0.15, -0.1) is 0 Å². The van der Waals surface area contributed by atoms with Crippen molar-refractivity contribution in [2.45, 2.75) is 19.8 Å². The van der Waals surface area contributed by atoms with Crippen LogP contribution in [0.15, 0.2) is 12.3 Å². The number of rotatable bonds is 3. The number of pyridine rings is 1. The summed E-state index contributed by atoms with van der Waals surface area (Å²) < 4.78 is 0. The van der Waals surface area contributed by atoms with Gasteiger partial charge >= 0.3 is 0 Å². The molecule has 0 spiro atoms. The Morgan fingerprint density at radius 3 is 3.00 bits per heavy atom. The molecule has 0 atom stereocenters. The molecule has 0 aromatic carbocycles. The van der Waals surface area contributed by atoms with E-state index in [9.17, 15) is 9.59 Å². The van der Waals surface area contributed by atoms with Crippen molar-refractivity contribution in [1.82, 2.24) is 9.88 Å². The van der Waals surface area contributed by atoms with Gasteiger partial charge < -0.3 is 10.2 Å². The topological polar surface area (TPSA) is 62.3 Å². The minimum Gasteiger partial charge on any atom is -0.333 e. The lowest BCUT2D eigenvalue weighted by atomic mass is 10.2. The molecule has 0 radical (unpaired) electrons. The molecule has 2 heterocycles. The molecule has 6 heteroatoms. The van der Waals surface area contributed by atoms with E-state index in [0.717, 1.165) is 12.0 Å². The monoisotopic (exact) mass is 267 g/mol. The lowest BCUT2D eigenvalue weighted by Gasteiger charge is -2.15. The Hall–Kier alpha value is -1.62. The Bertz CT molecular complexity index is 490. The summed E-state index contributed by atoms with van der Waals surface area (Å²) in [6, 6.07) is 1.68. The molecule has 2 amide bonds. The molecule has 18 heavy (non-hydrogen) atoms. The second kappa shape index (κ2) is 5.35. The van der Waals surface area contributed by atoms with Gasteiger partial charge in [0.15, 0.2) is 0 Å². The van der Waals surface area contributed by atoms with E-state index in [0.29, 0.717) is 23.8 Å². The SMILES string of the molecule is Cc1cc(Cl)ncc1NC(=O)CN1CCCC1=O. The number of nitrogens with one attached hydrogen (secondary N) is 1. The Balaban J connectivity index is 1.96. The highest BCUT2D eigenvalue weighted by Crippen LogP contribution is 2.17. The zero-order chi connectivity index (χ0) is 13.1. The van der Waals surface area contributed by atoms with Crippen molar-refractivity contribution in [3.8, 4) is 0 Å². The third kappa shape index (κ3) is 2.98. The van der Waals surface area contributed by atoms with Crippen LogP contribution in [0.25, 0.3) is 0 Å². The molecule has 1 fully saturated rings. The largest absolute Gasteiger partial charge is 0.333 e. The number of carbonyl (C=O) groups excluding carboxylic acids is 2. The summed E-state index contributed by atoms with van der Waals surface area (Å²) in [5, 5.41) is 3.12. The number of aromatic nitrogens is 1. The first-order chi connectivity index (χ1) is 8.56. The first kappa shape index (κ1) is 12.8. The predicted molar refractivity (Wildman–Crippen MR) is 68.4 cm³/mol. The molecule has 1 N–H and O–H groups in total. The lowest BCUT2D eigenvalue weighted by Crippen LogP contribution is -2.34. The van der Waals surface area contributed by atoms with Crippen molar-refractivity contribution < 1.29 is 9.59 Å². The first-order valence-corrected chi connectivity index (χ1v) is 6.14. The molecule has 96 valence electrons. The van der Waals surface area contributed by atoms with Crippen LogP contribution in [0.1, 0.15) is 18.4 Å². The number of halogens is 1. The number of nitrogens with zero attached hydrogens (tertiary/aromatic N) is 2. The maximum absolute atomic E-state index is 11.8. The number of likely N-dealkylation sites (tertiary alicyclic amines) is 1. The molecule has 0 unspecified atom stereocenters. The third-order valence-electron chi connectivity index (χ3n) is 2.86. The quantitative estimate of drug-likeness (QED) is 0.847. The van der Waals surface area contributed by atoms with Crippen LogP contribution >= 0.6 is 11.6 Å². The van der Waals surface area contributed by atoms with Crippen molar-refractivity contribution >= 4 is 29.1 Å². The fourth-order valence-electron chi connectivity index (χ4n) is 1.89. The second-order valence-corrected chi connectivity index (χ2v) is 4.68. The van der Waals surface area contributed by atoms with Crippen LogP contribution in [0.3, 0.4) is 0 Å². The van der Waals surface area contributed by atoms with E-state index in [1.807, 2.05) is 6.92 Å². The number of aryl methyl sites for hydroxylation is 1. The summed E-state index contributed by atoms with van der Waals surface area (Å²) in [6.07, 6.45) is 2.88. The second-order valence-electron chi connectivity index (χ2n) is 4.29. The van der Waals surface area contributed by atoms with Gasteiger partial charge in [-0.3, -0.25) is 9.59 Å². The van der Waals surface area contributed by atoms with Crippen LogP contribution in [0.2, 0.25) is 5.15 Å². The molecule has 0 saturated carbocycles. The number of amides is 2. The Morgan fingerprint density at radius 1 is 1.61 bits per heavy atom. The van der Waals surface area contributed by atoms with Crippen molar-refractivity contribution in [3.63, 3.8) is 0 Å². The minimum absolute atomic E-state index is 0.0381. The highest BCUT2D eigenvalue weighted by atomic mass is 35.5. The van der Waals surface area contributed by atoms with Crippen molar-refractivity contribution in [1.29, 1.82) is 0 Å². The molecule has 1 aliphatic rings. The van der Waals surface area contributed by atoms with Gasteiger partial charge in [-0.05, 0) is 25.0 Å². The van der Waals surface area contributed by atoms with Gasteiger partial charge in [-0.25, -0.2) is 4.98 Å². The molecule has 1 aliphatic heterocycles. The van der Waals surface area contributed by atoms with E-state index in [1.165, 1.54) is 6.20 Å². The standard InChI is InChI=1S/C12H14ClN3O2/c1-8-5-10(13)14-6-9(8)15-11(17)7-16-4-2-3-12(16)18/h5-6H,2-4,7H2,1H3,(H,15,17). The Kier molecular flexibility index (Phi) is 3.81. The maximum Gasteiger partial charge on any atom is 0.244 e. The third-order valence-corrected chi connectivity index (χ3v) is 3.06. The van der Waals surface area contributed by atoms with Crippen LogP contribution in [0, 0.1) is 6.92 Å². The van der Waals surface area contributed by atoms with Gasteiger partial charge in [0.1, 0.15) is 5.15 Å². The highest BCUT2D eigenvalue weighted by molar-refractivity contribution is 6.29. The number of hydrogen-bond acceptors (Lipinski definition) is 3. The summed E-state index contributed by atoms with van der Waals surface area (Å²) in [7, 11) is 0. The zero-order valence-electron chi connectivity index (χ0n) is 10.1. The average molecular weight is 268 g/mol. The fraction of sp³-hybridized carbons (Fsp3) is 0.417. The molecule has 1 aromatic rings. The molecule has 1 aromatic heterocycles. The predicted octanol–water partition coefficient (Wildman–Crippen LogP) is 1.60. The van der Waals surface area contributed by atoms with Crippen molar-refractivity contribution in [2.24, 2.45) is 0 Å². The smallest absolute Gasteiger partial charge is 0.244 e. The summed E-state index contributed by atoms with van der Waals surface area (Å²) in [5.74, 6) is -0.173. The van der Waals surface area contributed by atoms with E-state index in [2.05, 4.69) is 10.3 Å². The van der Waals surface area contributed by atoms with Crippen molar-refractivity contribution in [2.75, 3.05) is 18.4 Å². The maximum atomic E-state index is 11.8. The van der Waals surface area contributed by atoms with Crippen LogP contribution in [0.4, 0.5) is 5.69 Å². The Labute approximate surface area is 110 Å². The van der Waals surface area contributed by atoms with Gasteiger partial charge in [0.05, 0.1) is 18.4 Å². The fourth-order valence-corrected chi connectivity index (χ4v) is 2.10. The van der Waals surface area contributed by atoms with E-state index < -0.39 is 0 Å². The molecule has 2 rings (SSSR count). The molecule has 5 nitrogen and oxygen atoms in total. The van der Waals surface area contributed by atoms with Crippen molar-refractivity contribution in [3.05, 3.63) is 23.0 Å². The van der Waals surface area contributed by atoms with Crippen LogP contribution < -0.4 is 5.32 Å². The summed E-state index contributed by atoms with van der Waals surface area (Å²) in [5.41, 5.74) is 1.46. The normalized spacial score (nSPS) is 15.0. The van der Waals surface area contributed by atoms with Gasteiger partial charge in [0.2, 0.25) is 11.8 Å². The summed E-state index contributed by atoms with van der Waals surface area (Å²) in [4.78, 5) is 28.6. The lowest BCUT2D eigenvalue weighted by molar-refractivity contribution is -0.131. The minimum atomic E-state index is -0.211. The first-order valence-electron chi connectivity index (χ1n) is 5.76. The van der Waals surface area contributed by atoms with Crippen LogP contribution in [-0.4, -0.2) is 34.8 Å². The molecule has 0 bridgehead atoms. The number of carbonyl (C=O) groups is 2. The summed E-state index contributed by atoms with van der Waals surface area (Å²) >= 11 is 5.73. The van der Waals surface area contributed by atoms with E-state index >= 15 is 0 Å². The van der Waals surface area contributed by atoms with Crippen LogP contribution in [-0.2, 0) is 9.59 Å². The average Bonchev–Trinajstić information content (AvgIpc) is 2.69.